The van der Waals surface area contributed by atoms with Crippen LogP contribution in [0, 0.1) is 12.3 Å². The first-order valence-electron chi connectivity index (χ1n) is 4.63. The molecule has 0 fully saturated rings. The molecule has 0 saturated heterocycles. The Morgan fingerprint density at radius 1 is 1.73 bits per heavy atom. The van der Waals surface area contributed by atoms with Gasteiger partial charge in [-0.15, -0.1) is 6.42 Å². The van der Waals surface area contributed by atoms with Crippen LogP contribution in [-0.2, 0) is 6.54 Å². The van der Waals surface area contributed by atoms with Crippen LogP contribution in [-0.4, -0.2) is 16.3 Å². The molecular weight excluding hydrogens is 214 g/mol. The molecule has 0 amide bonds. The smallest absolute Gasteiger partial charge is 0.292 e. The van der Waals surface area contributed by atoms with E-state index in [9.17, 15) is 4.79 Å². The van der Waals surface area contributed by atoms with Crippen LogP contribution < -0.4 is 10.9 Å². The van der Waals surface area contributed by atoms with Gasteiger partial charge in [0, 0.05) is 6.54 Å². The highest BCUT2D eigenvalue weighted by Gasteiger charge is 2.07. The SMILES string of the molecule is C#CCn1ncc(Cl)c(NCCC)c1=O. The molecule has 0 aliphatic rings. The minimum atomic E-state index is -0.283. The van der Waals surface area contributed by atoms with E-state index in [0.29, 0.717) is 17.3 Å². The van der Waals surface area contributed by atoms with E-state index >= 15 is 0 Å². The van der Waals surface area contributed by atoms with E-state index in [1.165, 1.54) is 10.9 Å². The number of aromatic nitrogens is 2. The number of anilines is 1. The molecule has 1 aromatic heterocycles. The van der Waals surface area contributed by atoms with Gasteiger partial charge in [-0.2, -0.15) is 5.10 Å². The second kappa shape index (κ2) is 5.42. The lowest BCUT2D eigenvalue weighted by Gasteiger charge is -2.07. The molecule has 0 aromatic carbocycles. The molecule has 80 valence electrons. The molecule has 1 aromatic rings. The zero-order chi connectivity index (χ0) is 11.3. The summed E-state index contributed by atoms with van der Waals surface area (Å²) in [5, 5.41) is 7.10. The highest BCUT2D eigenvalue weighted by molar-refractivity contribution is 6.32. The predicted molar refractivity (Wildman–Crippen MR) is 61.1 cm³/mol. The lowest BCUT2D eigenvalue weighted by molar-refractivity contribution is 0.664. The Bertz CT molecular complexity index is 433. The lowest BCUT2D eigenvalue weighted by Crippen LogP contribution is -2.26. The molecule has 1 heterocycles. The van der Waals surface area contributed by atoms with E-state index in [4.69, 9.17) is 18.0 Å². The highest BCUT2D eigenvalue weighted by Crippen LogP contribution is 2.14. The molecule has 15 heavy (non-hydrogen) atoms. The maximum Gasteiger partial charge on any atom is 0.292 e. The largest absolute Gasteiger partial charge is 0.379 e. The molecule has 1 rings (SSSR count). The fourth-order valence-corrected chi connectivity index (χ4v) is 1.27. The third-order valence-electron chi connectivity index (χ3n) is 1.79. The van der Waals surface area contributed by atoms with Gasteiger partial charge in [-0.3, -0.25) is 4.79 Å². The summed E-state index contributed by atoms with van der Waals surface area (Å²) in [6.07, 6.45) is 7.44. The first-order valence-corrected chi connectivity index (χ1v) is 5.01. The topological polar surface area (TPSA) is 46.9 Å². The van der Waals surface area contributed by atoms with Crippen LogP contribution in [0.3, 0.4) is 0 Å². The molecule has 0 bridgehead atoms. The zero-order valence-electron chi connectivity index (χ0n) is 8.46. The third kappa shape index (κ3) is 2.74. The Morgan fingerprint density at radius 2 is 2.47 bits per heavy atom. The van der Waals surface area contributed by atoms with Crippen LogP contribution in [0.25, 0.3) is 0 Å². The average Bonchev–Trinajstić information content (AvgIpc) is 2.22. The van der Waals surface area contributed by atoms with E-state index in [2.05, 4.69) is 16.3 Å². The van der Waals surface area contributed by atoms with Gasteiger partial charge >= 0.3 is 0 Å². The Hall–Kier alpha value is -1.47. The van der Waals surface area contributed by atoms with Gasteiger partial charge in [-0.25, -0.2) is 4.68 Å². The van der Waals surface area contributed by atoms with E-state index in [1.807, 2.05) is 6.92 Å². The Morgan fingerprint density at radius 3 is 3.07 bits per heavy atom. The van der Waals surface area contributed by atoms with Gasteiger partial charge < -0.3 is 5.32 Å². The van der Waals surface area contributed by atoms with Crippen LogP contribution >= 0.6 is 11.6 Å². The van der Waals surface area contributed by atoms with Crippen molar-refractivity contribution in [3.05, 3.63) is 21.6 Å². The van der Waals surface area contributed by atoms with Crippen LogP contribution in [0.5, 0.6) is 0 Å². The summed E-state index contributed by atoms with van der Waals surface area (Å²) in [5.74, 6) is 2.36. The molecule has 0 radical (unpaired) electrons. The van der Waals surface area contributed by atoms with Crippen molar-refractivity contribution in [2.45, 2.75) is 19.9 Å². The molecule has 0 aliphatic carbocycles. The van der Waals surface area contributed by atoms with Gasteiger partial charge in [-0.05, 0) is 6.42 Å². The van der Waals surface area contributed by atoms with Crippen LogP contribution in [0.1, 0.15) is 13.3 Å². The molecular formula is C10H12ClN3O. The number of hydrogen-bond acceptors (Lipinski definition) is 3. The van der Waals surface area contributed by atoms with Gasteiger partial charge in [0.2, 0.25) is 0 Å². The maximum absolute atomic E-state index is 11.7. The minimum Gasteiger partial charge on any atom is -0.379 e. The van der Waals surface area contributed by atoms with Crippen molar-refractivity contribution in [3.8, 4) is 12.3 Å². The van der Waals surface area contributed by atoms with Gasteiger partial charge in [0.15, 0.2) is 0 Å². The molecule has 0 aliphatic heterocycles. The normalized spacial score (nSPS) is 9.67. The first-order chi connectivity index (χ1) is 7.20. The van der Waals surface area contributed by atoms with Crippen molar-refractivity contribution in [1.29, 1.82) is 0 Å². The van der Waals surface area contributed by atoms with Crippen molar-refractivity contribution >= 4 is 17.3 Å². The minimum absolute atomic E-state index is 0.150. The second-order valence-corrected chi connectivity index (χ2v) is 3.37. The summed E-state index contributed by atoms with van der Waals surface area (Å²) in [5.41, 5.74) is 0.0812. The predicted octanol–water partition coefficient (Wildman–Crippen LogP) is 1.35. The van der Waals surface area contributed by atoms with E-state index in [-0.39, 0.29) is 12.1 Å². The summed E-state index contributed by atoms with van der Waals surface area (Å²) < 4.78 is 1.20. The number of terminal acetylenes is 1. The summed E-state index contributed by atoms with van der Waals surface area (Å²) in [6.45, 7) is 2.84. The van der Waals surface area contributed by atoms with Gasteiger partial charge in [0.25, 0.3) is 5.56 Å². The van der Waals surface area contributed by atoms with Crippen LogP contribution in [0.15, 0.2) is 11.0 Å². The highest BCUT2D eigenvalue weighted by atomic mass is 35.5. The Labute approximate surface area is 93.3 Å². The fraction of sp³-hybridized carbons (Fsp3) is 0.400. The molecule has 0 unspecified atom stereocenters. The average molecular weight is 226 g/mol. The van der Waals surface area contributed by atoms with Gasteiger partial charge in [0.05, 0.1) is 11.2 Å². The zero-order valence-corrected chi connectivity index (χ0v) is 9.21. The van der Waals surface area contributed by atoms with Crippen LogP contribution in [0.2, 0.25) is 5.02 Å². The standard InChI is InChI=1S/C10H12ClN3O/c1-3-5-12-9-8(11)7-13-14(6-4-2)10(9)15/h2,7,12H,3,5-6H2,1H3. The third-order valence-corrected chi connectivity index (χ3v) is 2.08. The van der Waals surface area contributed by atoms with Crippen molar-refractivity contribution in [2.75, 3.05) is 11.9 Å². The lowest BCUT2D eigenvalue weighted by atomic mass is 10.4. The number of hydrogen-bond donors (Lipinski definition) is 1. The summed E-state index contributed by atoms with van der Waals surface area (Å²) >= 11 is 5.85. The maximum atomic E-state index is 11.7. The number of rotatable bonds is 4. The second-order valence-electron chi connectivity index (χ2n) is 2.96. The molecule has 1 N–H and O–H groups in total. The van der Waals surface area contributed by atoms with Gasteiger partial charge in [0.1, 0.15) is 12.2 Å². The van der Waals surface area contributed by atoms with E-state index in [0.717, 1.165) is 6.42 Å². The molecule has 0 spiro atoms. The Kier molecular flexibility index (Phi) is 4.19. The molecule has 0 atom stereocenters. The molecule has 5 heteroatoms. The summed E-state index contributed by atoms with van der Waals surface area (Å²) in [7, 11) is 0. The number of nitrogens with one attached hydrogen (secondary N) is 1. The van der Waals surface area contributed by atoms with Crippen molar-refractivity contribution in [3.63, 3.8) is 0 Å². The van der Waals surface area contributed by atoms with E-state index < -0.39 is 0 Å². The number of halogens is 1. The van der Waals surface area contributed by atoms with Crippen molar-refractivity contribution in [1.82, 2.24) is 9.78 Å². The van der Waals surface area contributed by atoms with Crippen molar-refractivity contribution in [2.24, 2.45) is 0 Å². The molecule has 0 saturated carbocycles. The van der Waals surface area contributed by atoms with E-state index in [1.54, 1.807) is 0 Å². The van der Waals surface area contributed by atoms with Gasteiger partial charge in [-0.1, -0.05) is 24.4 Å². The van der Waals surface area contributed by atoms with Crippen molar-refractivity contribution < 1.29 is 0 Å². The Balaban J connectivity index is 3.08. The summed E-state index contributed by atoms with van der Waals surface area (Å²) in [4.78, 5) is 11.7. The quantitative estimate of drug-likeness (QED) is 0.787. The number of nitrogens with zero attached hydrogens (tertiary/aromatic N) is 2. The molecule has 4 nitrogen and oxygen atoms in total. The van der Waals surface area contributed by atoms with Crippen LogP contribution in [0.4, 0.5) is 5.69 Å². The first kappa shape index (κ1) is 11.6. The monoisotopic (exact) mass is 225 g/mol. The fourth-order valence-electron chi connectivity index (χ4n) is 1.08. The summed E-state index contributed by atoms with van der Waals surface area (Å²) in [6, 6.07) is 0.